The quantitative estimate of drug-likeness (QED) is 0.738. The zero-order valence-electron chi connectivity index (χ0n) is 9.70. The summed E-state index contributed by atoms with van der Waals surface area (Å²) in [6, 6.07) is 0. The van der Waals surface area contributed by atoms with Crippen LogP contribution in [0.5, 0.6) is 0 Å². The molecule has 86 valence electrons. The normalized spacial score (nSPS) is 28.3. The molecule has 4 heteroatoms. The van der Waals surface area contributed by atoms with Crippen molar-refractivity contribution in [3.63, 3.8) is 0 Å². The van der Waals surface area contributed by atoms with Crippen LogP contribution in [0.15, 0.2) is 0 Å². The Hall–Kier alpha value is -1.06. The number of hydrogen-bond donors (Lipinski definition) is 2. The fourth-order valence-corrected chi connectivity index (χ4v) is 1.48. The first-order valence-electron chi connectivity index (χ1n) is 5.34. The lowest BCUT2D eigenvalue weighted by Gasteiger charge is -2.30. The van der Waals surface area contributed by atoms with Crippen molar-refractivity contribution in [2.24, 2.45) is 17.8 Å². The van der Waals surface area contributed by atoms with Crippen molar-refractivity contribution >= 4 is 11.9 Å². The minimum absolute atomic E-state index is 0.0161. The van der Waals surface area contributed by atoms with Gasteiger partial charge in [-0.2, -0.15) is 0 Å². The van der Waals surface area contributed by atoms with Gasteiger partial charge in [0, 0.05) is 5.92 Å². The van der Waals surface area contributed by atoms with Gasteiger partial charge >= 0.3 is 5.97 Å². The van der Waals surface area contributed by atoms with E-state index in [0.717, 1.165) is 6.42 Å². The predicted molar refractivity (Wildman–Crippen MR) is 56.3 cm³/mol. The third-order valence-electron chi connectivity index (χ3n) is 3.43. The molecule has 0 saturated heterocycles. The average molecular weight is 213 g/mol. The Labute approximate surface area is 90.0 Å². The molecule has 0 spiro atoms. The van der Waals surface area contributed by atoms with Crippen molar-refractivity contribution in [1.82, 2.24) is 5.32 Å². The van der Waals surface area contributed by atoms with E-state index >= 15 is 0 Å². The Kier molecular flexibility index (Phi) is 3.07. The van der Waals surface area contributed by atoms with Gasteiger partial charge in [-0.05, 0) is 25.2 Å². The fraction of sp³-hybridized carbons (Fsp3) is 0.818. The molecule has 0 bridgehead atoms. The number of nitrogens with one attached hydrogen (secondary N) is 1. The van der Waals surface area contributed by atoms with Crippen LogP contribution in [0.3, 0.4) is 0 Å². The average Bonchev–Trinajstić information content (AvgIpc) is 2.81. The van der Waals surface area contributed by atoms with Gasteiger partial charge in [-0.1, -0.05) is 20.8 Å². The van der Waals surface area contributed by atoms with Gasteiger partial charge in [-0.15, -0.1) is 0 Å². The molecular weight excluding hydrogens is 194 g/mol. The van der Waals surface area contributed by atoms with Crippen LogP contribution in [-0.2, 0) is 9.59 Å². The predicted octanol–water partition coefficient (Wildman–Crippen LogP) is 1.26. The van der Waals surface area contributed by atoms with Crippen LogP contribution in [0.25, 0.3) is 0 Å². The molecule has 3 atom stereocenters. The summed E-state index contributed by atoms with van der Waals surface area (Å²) >= 11 is 0. The minimum Gasteiger partial charge on any atom is -0.480 e. The van der Waals surface area contributed by atoms with Crippen LogP contribution >= 0.6 is 0 Å². The zero-order chi connectivity index (χ0) is 11.8. The lowest BCUT2D eigenvalue weighted by atomic mass is 9.88. The van der Waals surface area contributed by atoms with E-state index in [0.29, 0.717) is 5.92 Å². The molecule has 0 radical (unpaired) electrons. The van der Waals surface area contributed by atoms with Crippen LogP contribution in [0.1, 0.15) is 34.1 Å². The molecule has 15 heavy (non-hydrogen) atoms. The Morgan fingerprint density at radius 2 is 1.93 bits per heavy atom. The molecule has 1 aliphatic carbocycles. The monoisotopic (exact) mass is 213 g/mol. The van der Waals surface area contributed by atoms with Gasteiger partial charge in [-0.3, -0.25) is 4.79 Å². The van der Waals surface area contributed by atoms with Crippen molar-refractivity contribution in [3.05, 3.63) is 0 Å². The summed E-state index contributed by atoms with van der Waals surface area (Å²) in [5.74, 6) is -0.814. The number of rotatable bonds is 4. The van der Waals surface area contributed by atoms with Crippen molar-refractivity contribution in [1.29, 1.82) is 0 Å². The summed E-state index contributed by atoms with van der Waals surface area (Å²) < 4.78 is 0. The Morgan fingerprint density at radius 1 is 1.47 bits per heavy atom. The first-order valence-corrected chi connectivity index (χ1v) is 5.34. The molecule has 1 saturated carbocycles. The summed E-state index contributed by atoms with van der Waals surface area (Å²) in [7, 11) is 0. The highest BCUT2D eigenvalue weighted by molar-refractivity contribution is 5.89. The number of hydrogen-bond acceptors (Lipinski definition) is 2. The van der Waals surface area contributed by atoms with E-state index < -0.39 is 11.5 Å². The summed E-state index contributed by atoms with van der Waals surface area (Å²) in [5.41, 5.74) is -1.15. The van der Waals surface area contributed by atoms with Gasteiger partial charge in [0.15, 0.2) is 0 Å². The Balaban J connectivity index is 2.67. The first-order chi connectivity index (χ1) is 6.79. The molecule has 1 fully saturated rings. The van der Waals surface area contributed by atoms with E-state index in [9.17, 15) is 9.59 Å². The molecular formula is C11H19NO3. The molecule has 1 amide bonds. The number of carboxylic acids is 1. The number of carboxylic acid groups (broad SMARTS) is 1. The smallest absolute Gasteiger partial charge is 0.329 e. The molecule has 1 aliphatic rings. The van der Waals surface area contributed by atoms with E-state index in [1.54, 1.807) is 20.8 Å². The van der Waals surface area contributed by atoms with E-state index in [-0.39, 0.29) is 17.7 Å². The molecule has 0 aliphatic heterocycles. The fourth-order valence-electron chi connectivity index (χ4n) is 1.48. The third-order valence-corrected chi connectivity index (χ3v) is 3.43. The van der Waals surface area contributed by atoms with Crippen LogP contribution < -0.4 is 5.32 Å². The summed E-state index contributed by atoms with van der Waals surface area (Å²) in [4.78, 5) is 22.8. The van der Waals surface area contributed by atoms with Crippen molar-refractivity contribution in [2.45, 2.75) is 39.7 Å². The lowest BCUT2D eigenvalue weighted by molar-refractivity contribution is -0.149. The van der Waals surface area contributed by atoms with Crippen molar-refractivity contribution < 1.29 is 14.7 Å². The van der Waals surface area contributed by atoms with Gasteiger partial charge in [0.25, 0.3) is 0 Å². The highest BCUT2D eigenvalue weighted by atomic mass is 16.4. The van der Waals surface area contributed by atoms with Crippen LogP contribution in [-0.4, -0.2) is 22.5 Å². The largest absolute Gasteiger partial charge is 0.480 e. The summed E-state index contributed by atoms with van der Waals surface area (Å²) in [6.45, 7) is 7.15. The standard InChI is InChI=1S/C11H19NO3/c1-6(2)11(4,10(14)15)12-9(13)8-5-7(8)3/h6-8H,5H2,1-4H3,(H,12,13)(H,14,15). The molecule has 4 nitrogen and oxygen atoms in total. The van der Waals surface area contributed by atoms with Gasteiger partial charge < -0.3 is 10.4 Å². The van der Waals surface area contributed by atoms with E-state index in [1.165, 1.54) is 0 Å². The number of aliphatic carboxylic acids is 1. The molecule has 0 aromatic heterocycles. The minimum atomic E-state index is -1.15. The van der Waals surface area contributed by atoms with Crippen molar-refractivity contribution in [3.8, 4) is 0 Å². The zero-order valence-corrected chi connectivity index (χ0v) is 9.70. The molecule has 0 heterocycles. The molecule has 0 aromatic rings. The van der Waals surface area contributed by atoms with E-state index in [4.69, 9.17) is 5.11 Å². The molecule has 2 N–H and O–H groups in total. The second-order valence-electron chi connectivity index (χ2n) is 4.97. The molecule has 0 aromatic carbocycles. The van der Waals surface area contributed by atoms with Gasteiger partial charge in [-0.25, -0.2) is 4.79 Å². The van der Waals surface area contributed by atoms with Gasteiger partial charge in [0.2, 0.25) is 5.91 Å². The molecule has 1 rings (SSSR count). The maximum absolute atomic E-state index is 11.7. The number of carbonyl (C=O) groups excluding carboxylic acids is 1. The topological polar surface area (TPSA) is 66.4 Å². The highest BCUT2D eigenvalue weighted by Gasteiger charge is 2.45. The SMILES string of the molecule is CC1CC1C(=O)NC(C)(C(=O)O)C(C)C. The third kappa shape index (κ3) is 2.30. The van der Waals surface area contributed by atoms with E-state index in [2.05, 4.69) is 5.32 Å². The summed E-state index contributed by atoms with van der Waals surface area (Å²) in [6.07, 6.45) is 0.875. The van der Waals surface area contributed by atoms with E-state index in [1.807, 2.05) is 6.92 Å². The summed E-state index contributed by atoms with van der Waals surface area (Å²) in [5, 5.41) is 11.8. The highest BCUT2D eigenvalue weighted by Crippen LogP contribution is 2.38. The van der Waals surface area contributed by atoms with Gasteiger partial charge in [0.05, 0.1) is 0 Å². The van der Waals surface area contributed by atoms with Crippen LogP contribution in [0.4, 0.5) is 0 Å². The number of amides is 1. The Bertz CT molecular complexity index is 288. The first kappa shape index (κ1) is 12.0. The number of carbonyl (C=O) groups is 2. The lowest BCUT2D eigenvalue weighted by Crippen LogP contribution is -2.56. The maximum atomic E-state index is 11.7. The molecule has 3 unspecified atom stereocenters. The van der Waals surface area contributed by atoms with Gasteiger partial charge in [0.1, 0.15) is 5.54 Å². The van der Waals surface area contributed by atoms with Crippen LogP contribution in [0, 0.1) is 17.8 Å². The Morgan fingerprint density at radius 3 is 2.20 bits per heavy atom. The second kappa shape index (κ2) is 3.83. The van der Waals surface area contributed by atoms with Crippen LogP contribution in [0.2, 0.25) is 0 Å². The van der Waals surface area contributed by atoms with Crippen molar-refractivity contribution in [2.75, 3.05) is 0 Å². The maximum Gasteiger partial charge on any atom is 0.329 e. The second-order valence-corrected chi connectivity index (χ2v) is 4.97.